The summed E-state index contributed by atoms with van der Waals surface area (Å²) in [5.74, 6) is 0.0727. The number of Topliss-reactive ketones (excluding diaryl/α,β-unsaturated/α-hetero) is 1. The summed E-state index contributed by atoms with van der Waals surface area (Å²) in [7, 11) is 1.74. The number of phenols is 1. The largest absolute Gasteiger partial charge is 0.507 e. The van der Waals surface area contributed by atoms with E-state index >= 15 is 0 Å². The monoisotopic (exact) mass is 388 g/mol. The topological polar surface area (TPSA) is 70.5 Å². The Labute approximate surface area is 170 Å². The number of rotatable bonds is 7. The number of pyridine rings is 1. The van der Waals surface area contributed by atoms with Crippen molar-refractivity contribution in [2.75, 3.05) is 11.9 Å². The number of hydrogen-bond acceptors (Lipinski definition) is 4. The Hall–Kier alpha value is -3.47. The second-order valence-corrected chi connectivity index (χ2v) is 6.87. The zero-order chi connectivity index (χ0) is 20.8. The number of aryl methyl sites for hydroxylation is 1. The molecule has 1 aromatic heterocycles. The Balaban J connectivity index is 1.72. The van der Waals surface area contributed by atoms with Gasteiger partial charge in [-0.25, -0.2) is 0 Å². The maximum absolute atomic E-state index is 12.5. The third-order valence-electron chi connectivity index (χ3n) is 4.93. The summed E-state index contributed by atoms with van der Waals surface area (Å²) < 4.78 is 0. The van der Waals surface area contributed by atoms with E-state index < -0.39 is 0 Å². The molecule has 29 heavy (non-hydrogen) atoms. The number of benzene rings is 2. The van der Waals surface area contributed by atoms with Crippen LogP contribution in [-0.2, 0) is 11.2 Å². The van der Waals surface area contributed by atoms with Crippen LogP contribution in [-0.4, -0.2) is 28.8 Å². The molecule has 0 saturated carbocycles. The minimum atomic E-state index is -0.0225. The van der Waals surface area contributed by atoms with Crippen LogP contribution in [0.5, 0.6) is 5.75 Å². The molecule has 0 fully saturated rings. The highest BCUT2D eigenvalue weighted by Crippen LogP contribution is 2.31. The first-order chi connectivity index (χ1) is 14.0. The van der Waals surface area contributed by atoms with E-state index in [1.165, 1.54) is 6.07 Å². The van der Waals surface area contributed by atoms with Crippen molar-refractivity contribution in [3.63, 3.8) is 0 Å². The molecule has 2 aromatic carbocycles. The van der Waals surface area contributed by atoms with E-state index in [0.717, 1.165) is 16.8 Å². The van der Waals surface area contributed by atoms with Crippen molar-refractivity contribution in [1.82, 2.24) is 4.98 Å². The lowest BCUT2D eigenvalue weighted by Crippen LogP contribution is -2.24. The number of aromatic nitrogens is 1. The summed E-state index contributed by atoms with van der Waals surface area (Å²) in [6.07, 6.45) is 4.87. The number of hydrogen-bond donors (Lipinski definition) is 1. The number of anilines is 1. The molecule has 0 radical (unpaired) electrons. The summed E-state index contributed by atoms with van der Waals surface area (Å²) >= 11 is 0. The van der Waals surface area contributed by atoms with E-state index in [0.29, 0.717) is 30.4 Å². The number of carbonyl (C=O) groups excluding carboxylic acids is 2. The number of amides is 1. The van der Waals surface area contributed by atoms with Crippen LogP contribution in [0.4, 0.5) is 5.69 Å². The SMILES string of the molecule is CCC(=O)N(C)c1ccc(-c2ccc(C(=O)CCc3cccnc3)cc2O)cc1. The summed E-state index contributed by atoms with van der Waals surface area (Å²) in [5.41, 5.74) is 3.75. The molecule has 0 bridgehead atoms. The third-order valence-corrected chi connectivity index (χ3v) is 4.93. The lowest BCUT2D eigenvalue weighted by atomic mass is 9.98. The Morgan fingerprint density at radius 1 is 1.07 bits per heavy atom. The van der Waals surface area contributed by atoms with E-state index in [1.54, 1.807) is 36.5 Å². The van der Waals surface area contributed by atoms with Gasteiger partial charge in [0.25, 0.3) is 0 Å². The summed E-state index contributed by atoms with van der Waals surface area (Å²) in [6, 6.07) is 16.2. The molecule has 5 nitrogen and oxygen atoms in total. The second-order valence-electron chi connectivity index (χ2n) is 6.87. The number of nitrogens with zero attached hydrogens (tertiary/aromatic N) is 2. The average Bonchev–Trinajstić information content (AvgIpc) is 2.77. The predicted molar refractivity (Wildman–Crippen MR) is 114 cm³/mol. The minimum absolute atomic E-state index is 0.0225. The van der Waals surface area contributed by atoms with Gasteiger partial charge in [0.15, 0.2) is 5.78 Å². The van der Waals surface area contributed by atoms with Crippen LogP contribution >= 0.6 is 0 Å². The average molecular weight is 388 g/mol. The highest BCUT2D eigenvalue weighted by molar-refractivity contribution is 5.97. The maximum Gasteiger partial charge on any atom is 0.226 e. The summed E-state index contributed by atoms with van der Waals surface area (Å²) in [5, 5.41) is 10.5. The molecule has 5 heteroatoms. The Morgan fingerprint density at radius 3 is 2.45 bits per heavy atom. The normalized spacial score (nSPS) is 10.6. The van der Waals surface area contributed by atoms with E-state index in [2.05, 4.69) is 4.98 Å². The molecule has 1 N–H and O–H groups in total. The van der Waals surface area contributed by atoms with Crippen molar-refractivity contribution in [2.24, 2.45) is 0 Å². The maximum atomic E-state index is 12.5. The van der Waals surface area contributed by atoms with E-state index in [9.17, 15) is 14.7 Å². The van der Waals surface area contributed by atoms with Gasteiger partial charge in [0.2, 0.25) is 5.91 Å². The first-order valence-electron chi connectivity index (χ1n) is 9.61. The fourth-order valence-corrected chi connectivity index (χ4v) is 3.14. The Bertz CT molecular complexity index is 998. The smallest absolute Gasteiger partial charge is 0.226 e. The van der Waals surface area contributed by atoms with Crippen LogP contribution in [0.25, 0.3) is 11.1 Å². The molecule has 0 saturated heterocycles. The Kier molecular flexibility index (Phi) is 6.39. The molecule has 0 aliphatic carbocycles. The number of aromatic hydroxyl groups is 1. The molecule has 1 heterocycles. The van der Waals surface area contributed by atoms with E-state index in [-0.39, 0.29) is 17.4 Å². The minimum Gasteiger partial charge on any atom is -0.507 e. The van der Waals surface area contributed by atoms with Crippen LogP contribution in [0.15, 0.2) is 67.0 Å². The van der Waals surface area contributed by atoms with Gasteiger partial charge in [-0.15, -0.1) is 0 Å². The molecule has 0 unspecified atom stereocenters. The number of carbonyl (C=O) groups is 2. The highest BCUT2D eigenvalue weighted by Gasteiger charge is 2.12. The standard InChI is InChI=1S/C24H24N2O3/c1-3-24(29)26(2)20-10-7-18(8-11-20)21-12-9-19(15-23(21)28)22(27)13-6-17-5-4-14-25-16-17/h4-5,7-12,14-16,28H,3,6,13H2,1-2H3. The molecule has 0 atom stereocenters. The fourth-order valence-electron chi connectivity index (χ4n) is 3.14. The molecule has 0 aliphatic heterocycles. The molecule has 3 aromatic rings. The van der Waals surface area contributed by atoms with Gasteiger partial charge in [-0.1, -0.05) is 31.2 Å². The number of ketones is 1. The van der Waals surface area contributed by atoms with Crippen LogP contribution in [0.1, 0.15) is 35.7 Å². The molecule has 1 amide bonds. The molecule has 0 aliphatic rings. The zero-order valence-corrected chi connectivity index (χ0v) is 16.6. The van der Waals surface area contributed by atoms with E-state index in [1.807, 2.05) is 43.3 Å². The lowest BCUT2D eigenvalue weighted by Gasteiger charge is -2.17. The fraction of sp³-hybridized carbons (Fsp3) is 0.208. The van der Waals surface area contributed by atoms with Crippen LogP contribution in [0.2, 0.25) is 0 Å². The van der Waals surface area contributed by atoms with Crippen molar-refractivity contribution in [1.29, 1.82) is 0 Å². The molecule has 148 valence electrons. The molecule has 0 spiro atoms. The second kappa shape index (κ2) is 9.15. The molecular weight excluding hydrogens is 364 g/mol. The van der Waals surface area contributed by atoms with Gasteiger partial charge in [-0.2, -0.15) is 0 Å². The summed E-state index contributed by atoms with van der Waals surface area (Å²) in [6.45, 7) is 1.82. The van der Waals surface area contributed by atoms with E-state index in [4.69, 9.17) is 0 Å². The van der Waals surface area contributed by atoms with Gasteiger partial charge in [-0.3, -0.25) is 14.6 Å². The van der Waals surface area contributed by atoms with Crippen molar-refractivity contribution < 1.29 is 14.7 Å². The lowest BCUT2D eigenvalue weighted by molar-refractivity contribution is -0.118. The summed E-state index contributed by atoms with van der Waals surface area (Å²) in [4.78, 5) is 29.9. The predicted octanol–water partition coefficient (Wildman–Crippen LogP) is 4.64. The first-order valence-corrected chi connectivity index (χ1v) is 9.61. The molecular formula is C24H24N2O3. The van der Waals surface area contributed by atoms with Gasteiger partial charge in [-0.05, 0) is 47.9 Å². The molecule has 3 rings (SSSR count). The van der Waals surface area contributed by atoms with Crippen molar-refractivity contribution >= 4 is 17.4 Å². The van der Waals surface area contributed by atoms with Gasteiger partial charge in [0.05, 0.1) is 0 Å². The van der Waals surface area contributed by atoms with Gasteiger partial charge in [0.1, 0.15) is 5.75 Å². The van der Waals surface area contributed by atoms with Crippen molar-refractivity contribution in [2.45, 2.75) is 26.2 Å². The van der Waals surface area contributed by atoms with Crippen LogP contribution in [0.3, 0.4) is 0 Å². The first kappa shape index (κ1) is 20.3. The highest BCUT2D eigenvalue weighted by atomic mass is 16.3. The van der Waals surface area contributed by atoms with Crippen LogP contribution < -0.4 is 4.90 Å². The Morgan fingerprint density at radius 2 is 1.83 bits per heavy atom. The van der Waals surface area contributed by atoms with Crippen LogP contribution in [0, 0.1) is 0 Å². The van der Waals surface area contributed by atoms with Crippen molar-refractivity contribution in [3.8, 4) is 16.9 Å². The van der Waals surface area contributed by atoms with Gasteiger partial charge in [0, 0.05) is 49.1 Å². The van der Waals surface area contributed by atoms with Gasteiger partial charge >= 0.3 is 0 Å². The zero-order valence-electron chi connectivity index (χ0n) is 16.6. The third kappa shape index (κ3) is 4.88. The van der Waals surface area contributed by atoms with Gasteiger partial charge < -0.3 is 10.0 Å². The number of phenolic OH excluding ortho intramolecular Hbond substituents is 1. The quantitative estimate of drug-likeness (QED) is 0.599. The van der Waals surface area contributed by atoms with Crippen molar-refractivity contribution in [3.05, 3.63) is 78.1 Å².